The summed E-state index contributed by atoms with van der Waals surface area (Å²) in [6.07, 6.45) is 0. The largest absolute Gasteiger partial charge is 0.325 e. The van der Waals surface area contributed by atoms with E-state index >= 15 is 0 Å². The zero-order chi connectivity index (χ0) is 19.5. The summed E-state index contributed by atoms with van der Waals surface area (Å²) in [6.45, 7) is 1.97. The molecule has 0 radical (unpaired) electrons. The summed E-state index contributed by atoms with van der Waals surface area (Å²) in [5, 5.41) is 10.5. The number of hydrogen-bond acceptors (Lipinski definition) is 6. The Kier molecular flexibility index (Phi) is 5.00. The number of carbonyl (C=O) groups excluding carboxylic acids is 2. The Morgan fingerprint density at radius 1 is 0.893 bits per heavy atom. The molecule has 0 aliphatic carbocycles. The minimum absolute atomic E-state index is 0.217. The monoisotopic (exact) mass is 409 g/mol. The van der Waals surface area contributed by atoms with Crippen molar-refractivity contribution in [2.24, 2.45) is 0 Å². The lowest BCUT2D eigenvalue weighted by molar-refractivity contribution is 0.102. The van der Waals surface area contributed by atoms with Crippen LogP contribution in [-0.4, -0.2) is 21.9 Å². The molecule has 0 aliphatic rings. The number of nitrogens with zero attached hydrogens (tertiary/aromatic N) is 2. The lowest BCUT2D eigenvalue weighted by Gasteiger charge is -2.05. The quantitative estimate of drug-likeness (QED) is 0.444. The number of amides is 3. The van der Waals surface area contributed by atoms with Crippen LogP contribution in [0.4, 0.5) is 20.7 Å². The summed E-state index contributed by atoms with van der Waals surface area (Å²) in [6, 6.07) is 14.7. The van der Waals surface area contributed by atoms with Crippen LogP contribution in [0.25, 0.3) is 10.2 Å². The van der Waals surface area contributed by atoms with Gasteiger partial charge in [0.2, 0.25) is 0 Å². The Hall–Kier alpha value is -3.30. The number of aryl methyl sites for hydroxylation is 1. The lowest BCUT2D eigenvalue weighted by Crippen LogP contribution is -2.19. The van der Waals surface area contributed by atoms with Crippen LogP contribution in [-0.2, 0) is 0 Å². The van der Waals surface area contributed by atoms with Crippen molar-refractivity contribution in [1.29, 1.82) is 0 Å². The molecule has 0 saturated carbocycles. The first kappa shape index (κ1) is 18.1. The number of urea groups is 1. The van der Waals surface area contributed by atoms with Crippen molar-refractivity contribution in [3.05, 3.63) is 65.2 Å². The normalized spacial score (nSPS) is 10.6. The average Bonchev–Trinajstić information content (AvgIpc) is 3.30. The van der Waals surface area contributed by atoms with Gasteiger partial charge in [-0.25, -0.2) is 14.8 Å². The Morgan fingerprint density at radius 3 is 2.46 bits per heavy atom. The van der Waals surface area contributed by atoms with Crippen LogP contribution in [0, 0.1) is 6.92 Å². The van der Waals surface area contributed by atoms with E-state index in [0.717, 1.165) is 15.8 Å². The van der Waals surface area contributed by atoms with Gasteiger partial charge in [0, 0.05) is 11.1 Å². The van der Waals surface area contributed by atoms with Crippen LogP contribution in [0.15, 0.2) is 53.9 Å². The highest BCUT2D eigenvalue weighted by atomic mass is 32.1. The lowest BCUT2D eigenvalue weighted by atomic mass is 10.2. The van der Waals surface area contributed by atoms with Crippen molar-refractivity contribution in [3.8, 4) is 0 Å². The molecule has 3 N–H and O–H groups in total. The summed E-state index contributed by atoms with van der Waals surface area (Å²) in [5.74, 6) is -0.373. The molecule has 2 aromatic heterocycles. The van der Waals surface area contributed by atoms with E-state index in [2.05, 4.69) is 25.9 Å². The van der Waals surface area contributed by atoms with Gasteiger partial charge >= 0.3 is 6.03 Å². The first-order chi connectivity index (χ1) is 13.6. The average molecular weight is 409 g/mol. The number of benzene rings is 2. The van der Waals surface area contributed by atoms with Gasteiger partial charge in [0.1, 0.15) is 5.69 Å². The second-order valence-corrected chi connectivity index (χ2v) is 7.81. The Balaban J connectivity index is 1.38. The fourth-order valence-electron chi connectivity index (χ4n) is 2.42. The van der Waals surface area contributed by atoms with Crippen LogP contribution in [0.3, 0.4) is 0 Å². The number of anilines is 3. The molecular formula is C19H15N5O2S2. The van der Waals surface area contributed by atoms with Gasteiger partial charge in [0.15, 0.2) is 10.3 Å². The van der Waals surface area contributed by atoms with Gasteiger partial charge in [0.25, 0.3) is 5.91 Å². The van der Waals surface area contributed by atoms with Crippen LogP contribution in [0.2, 0.25) is 0 Å². The predicted molar refractivity (Wildman–Crippen MR) is 114 cm³/mol. The van der Waals surface area contributed by atoms with E-state index in [1.54, 1.807) is 5.38 Å². The predicted octanol–water partition coefficient (Wildman–Crippen LogP) is 4.96. The van der Waals surface area contributed by atoms with Crippen molar-refractivity contribution < 1.29 is 9.59 Å². The molecule has 4 rings (SSSR count). The number of para-hydroxylation sites is 1. The summed E-state index contributed by atoms with van der Waals surface area (Å²) < 4.78 is 0.992. The summed E-state index contributed by atoms with van der Waals surface area (Å²) in [5.41, 5.74) is 2.83. The summed E-state index contributed by atoms with van der Waals surface area (Å²) in [4.78, 5) is 33.0. The fourth-order valence-corrected chi connectivity index (χ4v) is 3.97. The van der Waals surface area contributed by atoms with Gasteiger partial charge in [-0.1, -0.05) is 41.2 Å². The highest BCUT2D eigenvalue weighted by Gasteiger charge is 2.14. The Morgan fingerprint density at radius 2 is 1.68 bits per heavy atom. The van der Waals surface area contributed by atoms with E-state index in [1.165, 1.54) is 22.7 Å². The number of aromatic nitrogens is 2. The van der Waals surface area contributed by atoms with Crippen LogP contribution < -0.4 is 16.0 Å². The molecule has 0 fully saturated rings. The van der Waals surface area contributed by atoms with Crippen molar-refractivity contribution in [2.45, 2.75) is 6.92 Å². The van der Waals surface area contributed by atoms with Crippen LogP contribution in [0.5, 0.6) is 0 Å². The second-order valence-electron chi connectivity index (χ2n) is 5.92. The van der Waals surface area contributed by atoms with Crippen molar-refractivity contribution in [2.75, 3.05) is 16.0 Å². The van der Waals surface area contributed by atoms with Crippen LogP contribution >= 0.6 is 22.7 Å². The van der Waals surface area contributed by atoms with Crippen molar-refractivity contribution in [3.63, 3.8) is 0 Å². The molecule has 4 aromatic rings. The number of nitrogens with one attached hydrogen (secondary N) is 3. The molecule has 2 heterocycles. The number of fused-ring (bicyclic) bond motifs is 1. The molecule has 0 atom stereocenters. The van der Waals surface area contributed by atoms with Gasteiger partial charge in [-0.2, -0.15) is 0 Å². The first-order valence-electron chi connectivity index (χ1n) is 8.34. The van der Waals surface area contributed by atoms with Gasteiger partial charge in [-0.05, 0) is 31.2 Å². The molecule has 3 amide bonds. The van der Waals surface area contributed by atoms with Crippen molar-refractivity contribution in [1.82, 2.24) is 9.97 Å². The van der Waals surface area contributed by atoms with Gasteiger partial charge in [-0.3, -0.25) is 15.4 Å². The minimum atomic E-state index is -0.420. The highest BCUT2D eigenvalue weighted by Crippen LogP contribution is 2.26. The Bertz CT molecular complexity index is 1120. The molecule has 0 saturated heterocycles. The molecule has 9 heteroatoms. The third kappa shape index (κ3) is 4.16. The zero-order valence-corrected chi connectivity index (χ0v) is 16.4. The third-order valence-electron chi connectivity index (χ3n) is 3.78. The van der Waals surface area contributed by atoms with E-state index in [-0.39, 0.29) is 11.6 Å². The van der Waals surface area contributed by atoms with Gasteiger partial charge < -0.3 is 5.32 Å². The molecular weight excluding hydrogens is 394 g/mol. The smallest absolute Gasteiger partial charge is 0.308 e. The number of rotatable bonds is 4. The molecule has 2 aromatic carbocycles. The maximum absolute atomic E-state index is 12.4. The maximum atomic E-state index is 12.4. The summed E-state index contributed by atoms with van der Waals surface area (Å²) in [7, 11) is 0. The molecule has 140 valence electrons. The van der Waals surface area contributed by atoms with E-state index in [4.69, 9.17) is 0 Å². The minimum Gasteiger partial charge on any atom is -0.308 e. The topological polar surface area (TPSA) is 96.0 Å². The van der Waals surface area contributed by atoms with E-state index in [1.807, 2.05) is 55.5 Å². The standard InChI is InChI=1S/C19H15N5O2S2/c1-11-6-8-12(9-7-11)20-17(26)24-18-22-14(10-27-18)16(25)23-19-21-13-4-2-3-5-15(13)28-19/h2-10H,1H3,(H,21,23,25)(H2,20,22,24,26). The molecule has 0 bridgehead atoms. The first-order valence-corrected chi connectivity index (χ1v) is 10.0. The molecule has 28 heavy (non-hydrogen) atoms. The van der Waals surface area contributed by atoms with E-state index in [0.29, 0.717) is 16.0 Å². The molecule has 0 aliphatic heterocycles. The second kappa shape index (κ2) is 7.75. The summed E-state index contributed by atoms with van der Waals surface area (Å²) >= 11 is 2.57. The van der Waals surface area contributed by atoms with E-state index in [9.17, 15) is 9.59 Å². The number of hydrogen-bond donors (Lipinski definition) is 3. The zero-order valence-electron chi connectivity index (χ0n) is 14.7. The number of thiazole rings is 2. The SMILES string of the molecule is Cc1ccc(NC(=O)Nc2nc(C(=O)Nc3nc4ccccc4s3)cs2)cc1. The highest BCUT2D eigenvalue weighted by molar-refractivity contribution is 7.22. The molecule has 0 unspecified atom stereocenters. The maximum Gasteiger partial charge on any atom is 0.325 e. The third-order valence-corrected chi connectivity index (χ3v) is 5.49. The molecule has 0 spiro atoms. The molecule has 7 nitrogen and oxygen atoms in total. The van der Waals surface area contributed by atoms with Gasteiger partial charge in [0.05, 0.1) is 10.2 Å². The van der Waals surface area contributed by atoms with E-state index < -0.39 is 6.03 Å². The Labute approximate surface area is 168 Å². The number of carbonyl (C=O) groups is 2. The van der Waals surface area contributed by atoms with Crippen LogP contribution in [0.1, 0.15) is 16.1 Å². The van der Waals surface area contributed by atoms with Gasteiger partial charge in [-0.15, -0.1) is 11.3 Å². The van der Waals surface area contributed by atoms with Crippen molar-refractivity contribution >= 4 is 60.8 Å². The fraction of sp³-hybridized carbons (Fsp3) is 0.0526.